The molecule has 3 N–H and O–H groups in total. The minimum absolute atomic E-state index is 0.0376. The quantitative estimate of drug-likeness (QED) is 0.330. The van der Waals surface area contributed by atoms with Gasteiger partial charge in [-0.15, -0.1) is 0 Å². The number of hydrogen-bond donors (Lipinski definition) is 2. The highest BCUT2D eigenvalue weighted by molar-refractivity contribution is 6.07. The molecule has 0 aliphatic rings. The van der Waals surface area contributed by atoms with Crippen molar-refractivity contribution in [1.82, 2.24) is 4.98 Å². The van der Waals surface area contributed by atoms with Gasteiger partial charge in [0.2, 0.25) is 0 Å². The SMILES string of the molecule is Cc1cc(C)c2ccnc(C(N)=NO)c2c1. The number of rotatable bonds is 1. The van der Waals surface area contributed by atoms with E-state index in [1.165, 1.54) is 0 Å². The average molecular weight is 215 g/mol. The van der Waals surface area contributed by atoms with Crippen LogP contribution in [0.25, 0.3) is 10.8 Å². The largest absolute Gasteiger partial charge is 0.409 e. The van der Waals surface area contributed by atoms with Crippen LogP contribution in [-0.2, 0) is 0 Å². The molecule has 0 aliphatic carbocycles. The maximum absolute atomic E-state index is 8.71. The lowest BCUT2D eigenvalue weighted by Gasteiger charge is -2.07. The van der Waals surface area contributed by atoms with Gasteiger partial charge in [0.05, 0.1) is 0 Å². The molecule has 82 valence electrons. The molecule has 0 saturated heterocycles. The first-order valence-electron chi connectivity index (χ1n) is 4.97. The van der Waals surface area contributed by atoms with E-state index in [9.17, 15) is 0 Å². The van der Waals surface area contributed by atoms with Gasteiger partial charge in [0.15, 0.2) is 5.84 Å². The Morgan fingerprint density at radius 2 is 2.06 bits per heavy atom. The minimum Gasteiger partial charge on any atom is -0.409 e. The molecular formula is C12H13N3O. The monoisotopic (exact) mass is 215 g/mol. The second-order valence-corrected chi connectivity index (χ2v) is 3.82. The van der Waals surface area contributed by atoms with Crippen molar-refractivity contribution in [3.8, 4) is 0 Å². The van der Waals surface area contributed by atoms with Crippen LogP contribution in [-0.4, -0.2) is 16.0 Å². The van der Waals surface area contributed by atoms with Crippen LogP contribution in [0.5, 0.6) is 0 Å². The van der Waals surface area contributed by atoms with Gasteiger partial charge in [-0.25, -0.2) is 0 Å². The molecule has 2 rings (SSSR count). The van der Waals surface area contributed by atoms with E-state index in [-0.39, 0.29) is 5.84 Å². The lowest BCUT2D eigenvalue weighted by atomic mass is 10.0. The summed E-state index contributed by atoms with van der Waals surface area (Å²) < 4.78 is 0. The van der Waals surface area contributed by atoms with Crippen LogP contribution in [0.15, 0.2) is 29.6 Å². The van der Waals surface area contributed by atoms with Crippen molar-refractivity contribution in [2.24, 2.45) is 10.9 Å². The summed E-state index contributed by atoms with van der Waals surface area (Å²) in [5.74, 6) is 0.0376. The smallest absolute Gasteiger partial charge is 0.189 e. The molecule has 0 atom stereocenters. The molecular weight excluding hydrogens is 202 g/mol. The minimum atomic E-state index is 0.0376. The molecule has 1 aromatic heterocycles. The van der Waals surface area contributed by atoms with Gasteiger partial charge in [-0.1, -0.05) is 16.8 Å². The summed E-state index contributed by atoms with van der Waals surface area (Å²) in [6, 6.07) is 6.01. The van der Waals surface area contributed by atoms with E-state index in [0.717, 1.165) is 21.9 Å². The molecule has 1 heterocycles. The topological polar surface area (TPSA) is 71.5 Å². The van der Waals surface area contributed by atoms with E-state index in [2.05, 4.69) is 16.2 Å². The van der Waals surface area contributed by atoms with E-state index in [0.29, 0.717) is 5.69 Å². The molecule has 0 spiro atoms. The van der Waals surface area contributed by atoms with E-state index in [1.807, 2.05) is 26.0 Å². The van der Waals surface area contributed by atoms with E-state index >= 15 is 0 Å². The van der Waals surface area contributed by atoms with Crippen LogP contribution >= 0.6 is 0 Å². The summed E-state index contributed by atoms with van der Waals surface area (Å²) in [6.45, 7) is 4.04. The molecule has 4 heteroatoms. The van der Waals surface area contributed by atoms with Crippen LogP contribution in [0, 0.1) is 13.8 Å². The van der Waals surface area contributed by atoms with Crippen LogP contribution in [0.3, 0.4) is 0 Å². The predicted molar refractivity (Wildman–Crippen MR) is 63.7 cm³/mol. The van der Waals surface area contributed by atoms with Gasteiger partial charge in [-0.2, -0.15) is 0 Å². The van der Waals surface area contributed by atoms with E-state index in [4.69, 9.17) is 10.9 Å². The zero-order valence-corrected chi connectivity index (χ0v) is 9.23. The standard InChI is InChI=1S/C12H13N3O/c1-7-5-8(2)9-3-4-14-11(10(9)6-7)12(13)15-16/h3-6,16H,1-2H3,(H2,13,15). The highest BCUT2D eigenvalue weighted by Crippen LogP contribution is 2.22. The number of benzene rings is 1. The molecule has 0 bridgehead atoms. The van der Waals surface area contributed by atoms with Gasteiger partial charge in [0.1, 0.15) is 5.69 Å². The summed E-state index contributed by atoms with van der Waals surface area (Å²) >= 11 is 0. The molecule has 0 saturated carbocycles. The van der Waals surface area contributed by atoms with Crippen molar-refractivity contribution in [2.75, 3.05) is 0 Å². The first-order valence-corrected chi connectivity index (χ1v) is 4.97. The van der Waals surface area contributed by atoms with Gasteiger partial charge in [0, 0.05) is 11.6 Å². The maximum atomic E-state index is 8.71. The molecule has 0 radical (unpaired) electrons. The van der Waals surface area contributed by atoms with Crippen molar-refractivity contribution in [2.45, 2.75) is 13.8 Å². The zero-order valence-electron chi connectivity index (χ0n) is 9.23. The number of nitrogens with two attached hydrogens (primary N) is 1. The number of nitrogens with zero attached hydrogens (tertiary/aromatic N) is 2. The number of oxime groups is 1. The highest BCUT2D eigenvalue weighted by Gasteiger charge is 2.08. The third kappa shape index (κ3) is 1.58. The van der Waals surface area contributed by atoms with Gasteiger partial charge >= 0.3 is 0 Å². The van der Waals surface area contributed by atoms with Gasteiger partial charge < -0.3 is 10.9 Å². The molecule has 0 fully saturated rings. The third-order valence-electron chi connectivity index (χ3n) is 2.58. The van der Waals surface area contributed by atoms with Crippen molar-refractivity contribution in [3.05, 3.63) is 41.2 Å². The Balaban J connectivity index is 2.87. The molecule has 16 heavy (non-hydrogen) atoms. The fourth-order valence-electron chi connectivity index (χ4n) is 1.90. The molecule has 0 amide bonds. The van der Waals surface area contributed by atoms with E-state index < -0.39 is 0 Å². The Morgan fingerprint density at radius 1 is 1.31 bits per heavy atom. The third-order valence-corrected chi connectivity index (χ3v) is 2.58. The fraction of sp³-hybridized carbons (Fsp3) is 0.167. The molecule has 1 aromatic carbocycles. The summed E-state index contributed by atoms with van der Waals surface area (Å²) in [5.41, 5.74) is 8.40. The predicted octanol–water partition coefficient (Wildman–Crippen LogP) is 1.95. The van der Waals surface area contributed by atoms with E-state index in [1.54, 1.807) is 6.20 Å². The normalized spacial score (nSPS) is 12.0. The summed E-state index contributed by atoms with van der Waals surface area (Å²) in [7, 11) is 0. The molecule has 0 unspecified atom stereocenters. The fourth-order valence-corrected chi connectivity index (χ4v) is 1.90. The first kappa shape index (κ1) is 10.4. The van der Waals surface area contributed by atoms with Gasteiger partial charge in [-0.05, 0) is 36.9 Å². The number of amidine groups is 1. The second kappa shape index (κ2) is 3.81. The van der Waals surface area contributed by atoms with Gasteiger partial charge in [0.25, 0.3) is 0 Å². The number of aromatic nitrogens is 1. The lowest BCUT2D eigenvalue weighted by Crippen LogP contribution is -2.15. The average Bonchev–Trinajstić information content (AvgIpc) is 2.27. The molecule has 0 aliphatic heterocycles. The van der Waals surface area contributed by atoms with Crippen LogP contribution < -0.4 is 5.73 Å². The van der Waals surface area contributed by atoms with Crippen LogP contribution in [0.2, 0.25) is 0 Å². The Kier molecular flexibility index (Phi) is 2.48. The van der Waals surface area contributed by atoms with Crippen molar-refractivity contribution < 1.29 is 5.21 Å². The Morgan fingerprint density at radius 3 is 2.75 bits per heavy atom. The number of aryl methyl sites for hydroxylation is 2. The number of fused-ring (bicyclic) bond motifs is 1. The van der Waals surface area contributed by atoms with Gasteiger partial charge in [-0.3, -0.25) is 4.98 Å². The Labute approximate surface area is 93.4 Å². The number of hydrogen-bond acceptors (Lipinski definition) is 3. The highest BCUT2D eigenvalue weighted by atomic mass is 16.4. The Hall–Kier alpha value is -2.10. The summed E-state index contributed by atoms with van der Waals surface area (Å²) in [6.07, 6.45) is 1.66. The number of pyridine rings is 1. The summed E-state index contributed by atoms with van der Waals surface area (Å²) in [5, 5.41) is 13.7. The van der Waals surface area contributed by atoms with Crippen LogP contribution in [0.1, 0.15) is 16.8 Å². The second-order valence-electron chi connectivity index (χ2n) is 3.82. The van der Waals surface area contributed by atoms with Crippen molar-refractivity contribution in [3.63, 3.8) is 0 Å². The summed E-state index contributed by atoms with van der Waals surface area (Å²) in [4.78, 5) is 4.14. The zero-order chi connectivity index (χ0) is 11.7. The van der Waals surface area contributed by atoms with Crippen molar-refractivity contribution in [1.29, 1.82) is 0 Å². The van der Waals surface area contributed by atoms with Crippen LogP contribution in [0.4, 0.5) is 0 Å². The Bertz CT molecular complexity index is 576. The maximum Gasteiger partial charge on any atom is 0.189 e. The molecule has 2 aromatic rings. The first-order chi connectivity index (χ1) is 7.63. The van der Waals surface area contributed by atoms with Crippen molar-refractivity contribution >= 4 is 16.6 Å². The molecule has 4 nitrogen and oxygen atoms in total. The lowest BCUT2D eigenvalue weighted by molar-refractivity contribution is 0.318.